The van der Waals surface area contributed by atoms with Crippen molar-refractivity contribution in [1.29, 1.82) is 0 Å². The van der Waals surface area contributed by atoms with Crippen molar-refractivity contribution in [1.82, 2.24) is 24.9 Å². The molecule has 1 saturated heterocycles. The van der Waals surface area contributed by atoms with Gasteiger partial charge in [0.05, 0.1) is 37.1 Å². The molecule has 0 unspecified atom stereocenters. The van der Waals surface area contributed by atoms with Crippen LogP contribution in [0.5, 0.6) is 0 Å². The van der Waals surface area contributed by atoms with Gasteiger partial charge >= 0.3 is 0 Å². The van der Waals surface area contributed by atoms with Gasteiger partial charge < -0.3 is 9.64 Å². The van der Waals surface area contributed by atoms with E-state index in [1.807, 2.05) is 21.7 Å². The van der Waals surface area contributed by atoms with Crippen LogP contribution in [0.4, 0.5) is 0 Å². The number of carbonyl (C=O) groups is 1. The fraction of sp³-hybridized carbons (Fsp3) is 0.467. The van der Waals surface area contributed by atoms with Crippen molar-refractivity contribution in [3.8, 4) is 0 Å². The molecule has 2 aliphatic heterocycles. The summed E-state index contributed by atoms with van der Waals surface area (Å²) in [6, 6.07) is 3.97. The first-order chi connectivity index (χ1) is 10.8. The molecule has 4 rings (SSSR count). The molecule has 0 aliphatic carbocycles. The van der Waals surface area contributed by atoms with Crippen LogP contribution in [0.3, 0.4) is 0 Å². The molecule has 4 heterocycles. The monoisotopic (exact) mass is 299 g/mol. The summed E-state index contributed by atoms with van der Waals surface area (Å²) in [5.74, 6) is 0.124. The topological polar surface area (TPSA) is 73.1 Å². The van der Waals surface area contributed by atoms with E-state index in [2.05, 4.69) is 15.3 Å². The zero-order chi connectivity index (χ0) is 14.9. The van der Waals surface area contributed by atoms with Crippen molar-refractivity contribution >= 4 is 5.91 Å². The molecule has 1 fully saturated rings. The Labute approximate surface area is 127 Å². The number of amides is 1. The minimum absolute atomic E-state index is 0.000739. The number of aromatic nitrogens is 4. The van der Waals surface area contributed by atoms with Crippen LogP contribution < -0.4 is 0 Å². The molecule has 0 radical (unpaired) electrons. The van der Waals surface area contributed by atoms with Crippen LogP contribution in [-0.4, -0.2) is 50.0 Å². The zero-order valence-electron chi connectivity index (χ0n) is 12.1. The minimum atomic E-state index is 0.000739. The maximum absolute atomic E-state index is 12.4. The van der Waals surface area contributed by atoms with Gasteiger partial charge in [-0.2, -0.15) is 0 Å². The second-order valence-electron chi connectivity index (χ2n) is 5.75. The molecule has 7 heteroatoms. The highest BCUT2D eigenvalue weighted by Crippen LogP contribution is 2.30. The van der Waals surface area contributed by atoms with E-state index >= 15 is 0 Å². The summed E-state index contributed by atoms with van der Waals surface area (Å²) in [6.45, 7) is 1.85. The number of ether oxygens (including phenoxy) is 1. The van der Waals surface area contributed by atoms with Crippen LogP contribution in [-0.2, 0) is 22.6 Å². The summed E-state index contributed by atoms with van der Waals surface area (Å²) < 4.78 is 7.85. The van der Waals surface area contributed by atoms with Crippen molar-refractivity contribution in [3.63, 3.8) is 0 Å². The molecule has 0 bridgehead atoms. The molecule has 0 aromatic carbocycles. The summed E-state index contributed by atoms with van der Waals surface area (Å²) >= 11 is 0. The molecule has 22 heavy (non-hydrogen) atoms. The number of piperidine rings is 1. The van der Waals surface area contributed by atoms with Crippen molar-refractivity contribution in [2.75, 3.05) is 13.1 Å². The zero-order valence-corrected chi connectivity index (χ0v) is 12.1. The highest BCUT2D eigenvalue weighted by molar-refractivity contribution is 5.78. The van der Waals surface area contributed by atoms with Crippen molar-refractivity contribution in [2.24, 2.45) is 0 Å². The maximum atomic E-state index is 12.4. The molecule has 7 nitrogen and oxygen atoms in total. The lowest BCUT2D eigenvalue weighted by Gasteiger charge is -2.41. The van der Waals surface area contributed by atoms with E-state index in [9.17, 15) is 4.79 Å². The lowest BCUT2D eigenvalue weighted by atomic mass is 9.99. The van der Waals surface area contributed by atoms with Crippen molar-refractivity contribution < 1.29 is 9.53 Å². The van der Waals surface area contributed by atoms with Crippen LogP contribution in [0.1, 0.15) is 23.7 Å². The quantitative estimate of drug-likeness (QED) is 0.811. The first-order valence-corrected chi connectivity index (χ1v) is 7.48. The van der Waals surface area contributed by atoms with E-state index in [1.54, 1.807) is 18.6 Å². The van der Waals surface area contributed by atoms with Crippen LogP contribution >= 0.6 is 0 Å². The Morgan fingerprint density at radius 3 is 3.23 bits per heavy atom. The highest BCUT2D eigenvalue weighted by Gasteiger charge is 2.37. The van der Waals surface area contributed by atoms with Gasteiger partial charge in [0, 0.05) is 25.5 Å². The van der Waals surface area contributed by atoms with Gasteiger partial charge in [0.25, 0.3) is 0 Å². The Morgan fingerprint density at radius 1 is 1.41 bits per heavy atom. The van der Waals surface area contributed by atoms with Crippen LogP contribution in [0.2, 0.25) is 0 Å². The summed E-state index contributed by atoms with van der Waals surface area (Å²) in [5, 5.41) is 8.10. The van der Waals surface area contributed by atoms with Crippen molar-refractivity contribution in [2.45, 2.75) is 31.6 Å². The van der Waals surface area contributed by atoms with Gasteiger partial charge in [-0.05, 0) is 18.1 Å². The predicted octanol–water partition coefficient (Wildman–Crippen LogP) is 0.588. The fourth-order valence-electron chi connectivity index (χ4n) is 3.20. The van der Waals surface area contributed by atoms with E-state index in [4.69, 9.17) is 4.74 Å². The average molecular weight is 299 g/mol. The SMILES string of the molecule is O=C(Cc1cccnc1)N1CC[C@H]2[C@H](C1)OCc1cnnn12. The lowest BCUT2D eigenvalue weighted by Crippen LogP contribution is -2.50. The van der Waals surface area contributed by atoms with Gasteiger partial charge in [0.2, 0.25) is 5.91 Å². The highest BCUT2D eigenvalue weighted by atomic mass is 16.5. The van der Waals surface area contributed by atoms with Crippen LogP contribution in [0, 0.1) is 0 Å². The van der Waals surface area contributed by atoms with Crippen molar-refractivity contribution in [3.05, 3.63) is 42.0 Å². The standard InChI is InChI=1S/C15H17N5O2/c21-15(6-11-2-1-4-16-7-11)19-5-3-13-14(9-19)22-10-12-8-17-18-20(12)13/h1-2,4,7-8,13-14H,3,5-6,9-10H2/t13-,14-/m0/s1. The molecular weight excluding hydrogens is 282 g/mol. The Kier molecular flexibility index (Phi) is 3.34. The minimum Gasteiger partial charge on any atom is -0.368 e. The Morgan fingerprint density at radius 2 is 2.36 bits per heavy atom. The Bertz CT molecular complexity index is 672. The lowest BCUT2D eigenvalue weighted by molar-refractivity contribution is -0.138. The van der Waals surface area contributed by atoms with Crippen LogP contribution in [0.15, 0.2) is 30.7 Å². The largest absolute Gasteiger partial charge is 0.368 e. The summed E-state index contributed by atoms with van der Waals surface area (Å²) in [5.41, 5.74) is 1.95. The first kappa shape index (κ1) is 13.4. The van der Waals surface area contributed by atoms with Gasteiger partial charge in [-0.15, -0.1) is 5.10 Å². The van der Waals surface area contributed by atoms with Gasteiger partial charge in [0.1, 0.15) is 0 Å². The average Bonchev–Trinajstić information content (AvgIpc) is 3.04. The third-order valence-corrected chi connectivity index (χ3v) is 4.36. The van der Waals surface area contributed by atoms with E-state index < -0.39 is 0 Å². The van der Waals surface area contributed by atoms with E-state index in [1.165, 1.54) is 0 Å². The summed E-state index contributed by atoms with van der Waals surface area (Å²) in [4.78, 5) is 18.4. The summed E-state index contributed by atoms with van der Waals surface area (Å²) in [7, 11) is 0. The number of pyridine rings is 1. The Hall–Kier alpha value is -2.28. The van der Waals surface area contributed by atoms with Gasteiger partial charge in [-0.1, -0.05) is 11.3 Å². The van der Waals surface area contributed by atoms with E-state index in [-0.39, 0.29) is 18.1 Å². The number of carbonyl (C=O) groups excluding carboxylic acids is 1. The van der Waals surface area contributed by atoms with Gasteiger partial charge in [0.15, 0.2) is 0 Å². The molecule has 2 aliphatic rings. The molecule has 2 aromatic rings. The van der Waals surface area contributed by atoms with Crippen LogP contribution in [0.25, 0.3) is 0 Å². The van der Waals surface area contributed by atoms with Gasteiger partial charge in [-0.3, -0.25) is 9.78 Å². The molecule has 0 spiro atoms. The molecule has 2 aromatic heterocycles. The normalized spacial score (nSPS) is 23.7. The molecule has 114 valence electrons. The number of nitrogens with zero attached hydrogens (tertiary/aromatic N) is 5. The fourth-order valence-corrected chi connectivity index (χ4v) is 3.20. The number of likely N-dealkylation sites (tertiary alicyclic amines) is 1. The molecular formula is C15H17N5O2. The molecule has 2 atom stereocenters. The van der Waals surface area contributed by atoms with E-state index in [0.717, 1.165) is 24.2 Å². The molecule has 0 N–H and O–H groups in total. The number of rotatable bonds is 2. The number of hydrogen-bond donors (Lipinski definition) is 0. The summed E-state index contributed by atoms with van der Waals surface area (Å²) in [6.07, 6.45) is 6.44. The third kappa shape index (κ3) is 2.37. The molecule has 0 saturated carbocycles. The smallest absolute Gasteiger partial charge is 0.227 e. The van der Waals surface area contributed by atoms with E-state index in [0.29, 0.717) is 19.6 Å². The van der Waals surface area contributed by atoms with Gasteiger partial charge in [-0.25, -0.2) is 4.68 Å². The second kappa shape index (κ2) is 5.49. The second-order valence-corrected chi connectivity index (χ2v) is 5.75. The molecule has 1 amide bonds. The maximum Gasteiger partial charge on any atom is 0.227 e. The Balaban J connectivity index is 1.44. The first-order valence-electron chi connectivity index (χ1n) is 7.48. The predicted molar refractivity (Wildman–Crippen MR) is 76.8 cm³/mol. The third-order valence-electron chi connectivity index (χ3n) is 4.36. The number of fused-ring (bicyclic) bond motifs is 3. The number of hydrogen-bond acceptors (Lipinski definition) is 5.